The number of hydrogen-bond acceptors (Lipinski definition) is 4. The highest BCUT2D eigenvalue weighted by atomic mass is 19.4. The molecule has 4 aliphatic rings. The third kappa shape index (κ3) is 4.13. The van der Waals surface area contributed by atoms with Crippen LogP contribution in [0.1, 0.15) is 64.7 Å². The van der Waals surface area contributed by atoms with Crippen LogP contribution in [-0.4, -0.2) is 40.7 Å². The fourth-order valence-electron chi connectivity index (χ4n) is 9.78. The summed E-state index contributed by atoms with van der Waals surface area (Å²) in [6, 6.07) is 2.41. The molecule has 0 amide bonds. The van der Waals surface area contributed by atoms with Crippen LogP contribution in [-0.2, 0) is 16.1 Å². The van der Waals surface area contributed by atoms with Crippen molar-refractivity contribution in [2.45, 2.75) is 77.4 Å². The zero-order chi connectivity index (χ0) is 27.7. The zero-order valence-electron chi connectivity index (χ0n) is 22.4. The predicted molar refractivity (Wildman–Crippen MR) is 133 cm³/mol. The molecule has 0 N–H and O–H groups in total. The molecular formula is C29H36F5N3O2. The SMILES string of the molecule is COCC12CCC(C(F)(F)F)CC1CCC1C3CCC(C(=O)Cn4nnc5c(F)c(F)ccc54)C3(C)CCC12. The summed E-state index contributed by atoms with van der Waals surface area (Å²) in [5, 5.41) is 7.70. The summed E-state index contributed by atoms with van der Waals surface area (Å²) >= 11 is 0. The van der Waals surface area contributed by atoms with E-state index in [0.717, 1.165) is 44.6 Å². The number of nitrogens with zero attached hydrogens (tertiary/aromatic N) is 3. The molecule has 1 heterocycles. The summed E-state index contributed by atoms with van der Waals surface area (Å²) in [4.78, 5) is 13.7. The molecule has 0 bridgehead atoms. The highest BCUT2D eigenvalue weighted by Gasteiger charge is 2.63. The van der Waals surface area contributed by atoms with Crippen molar-refractivity contribution in [1.82, 2.24) is 15.0 Å². The number of hydrogen-bond donors (Lipinski definition) is 0. The van der Waals surface area contributed by atoms with Crippen molar-refractivity contribution in [2.24, 2.45) is 46.3 Å². The quantitative estimate of drug-likeness (QED) is 0.385. The minimum Gasteiger partial charge on any atom is -0.384 e. The molecular weight excluding hydrogens is 517 g/mol. The van der Waals surface area contributed by atoms with Crippen molar-refractivity contribution in [2.75, 3.05) is 13.7 Å². The Labute approximate surface area is 224 Å². The van der Waals surface area contributed by atoms with E-state index in [-0.39, 0.29) is 53.4 Å². The normalized spacial score (nSPS) is 38.3. The molecule has 0 aliphatic heterocycles. The lowest BCUT2D eigenvalue weighted by Gasteiger charge is -2.62. The maximum atomic E-state index is 14.1. The second-order valence-electron chi connectivity index (χ2n) is 12.9. The minimum atomic E-state index is -4.14. The van der Waals surface area contributed by atoms with Gasteiger partial charge in [0.2, 0.25) is 0 Å². The Balaban J connectivity index is 1.22. The first-order valence-corrected chi connectivity index (χ1v) is 14.2. The summed E-state index contributed by atoms with van der Waals surface area (Å²) in [5.41, 5.74) is -0.308. The molecule has 1 aromatic carbocycles. The molecule has 5 nitrogen and oxygen atoms in total. The average Bonchev–Trinajstić information content (AvgIpc) is 3.46. The largest absolute Gasteiger partial charge is 0.391 e. The molecule has 0 saturated heterocycles. The van der Waals surface area contributed by atoms with Gasteiger partial charge in [-0.15, -0.1) is 5.10 Å². The van der Waals surface area contributed by atoms with Gasteiger partial charge in [-0.2, -0.15) is 13.2 Å². The van der Waals surface area contributed by atoms with Crippen LogP contribution in [0.5, 0.6) is 0 Å². The number of fused-ring (bicyclic) bond motifs is 6. The van der Waals surface area contributed by atoms with Gasteiger partial charge in [-0.1, -0.05) is 12.1 Å². The molecule has 0 spiro atoms. The summed E-state index contributed by atoms with van der Waals surface area (Å²) < 4.78 is 75.7. The molecule has 0 radical (unpaired) electrons. The summed E-state index contributed by atoms with van der Waals surface area (Å²) in [6.45, 7) is 2.68. The smallest absolute Gasteiger partial charge is 0.384 e. The van der Waals surface area contributed by atoms with Crippen molar-refractivity contribution >= 4 is 16.8 Å². The molecule has 214 valence electrons. The first kappa shape index (κ1) is 27.1. The Morgan fingerprint density at radius 2 is 1.87 bits per heavy atom. The van der Waals surface area contributed by atoms with Crippen LogP contribution in [0.15, 0.2) is 12.1 Å². The minimum absolute atomic E-state index is 0.0214. The fourth-order valence-corrected chi connectivity index (χ4v) is 9.78. The number of rotatable bonds is 5. The molecule has 10 heteroatoms. The van der Waals surface area contributed by atoms with Gasteiger partial charge in [0.1, 0.15) is 6.54 Å². The second-order valence-corrected chi connectivity index (χ2v) is 12.9. The summed E-state index contributed by atoms with van der Waals surface area (Å²) in [6.07, 6.45) is 1.92. The van der Waals surface area contributed by atoms with E-state index in [1.807, 2.05) is 0 Å². The standard InChI is InChI=1S/C29H36F5N3O2/c1-27-11-10-20-18(4-3-16-13-17(29(32,33)34)9-12-28(16,20)15-39-2)19(27)5-6-21(27)24(38)14-37-23-8-7-22(30)25(31)26(23)35-36-37/h7-8,16-21H,3-6,9-15H2,1-2H3. The van der Waals surface area contributed by atoms with E-state index in [4.69, 9.17) is 4.74 Å². The molecule has 4 saturated carbocycles. The Kier molecular flexibility index (Phi) is 6.59. The Hall–Kier alpha value is -2.10. The molecule has 6 rings (SSSR count). The van der Waals surface area contributed by atoms with Crippen LogP contribution < -0.4 is 0 Å². The van der Waals surface area contributed by atoms with E-state index in [2.05, 4.69) is 17.2 Å². The van der Waals surface area contributed by atoms with E-state index in [9.17, 15) is 26.7 Å². The van der Waals surface area contributed by atoms with Crippen LogP contribution in [0.25, 0.3) is 11.0 Å². The van der Waals surface area contributed by atoms with Crippen molar-refractivity contribution < 1.29 is 31.5 Å². The number of Topliss-reactive ketones (excluding diaryl/α,β-unsaturated/α-hetero) is 1. The molecule has 4 aliphatic carbocycles. The maximum Gasteiger partial charge on any atom is 0.391 e. The van der Waals surface area contributed by atoms with Crippen molar-refractivity contribution in [3.05, 3.63) is 23.8 Å². The van der Waals surface area contributed by atoms with Gasteiger partial charge in [-0.3, -0.25) is 4.79 Å². The maximum absolute atomic E-state index is 14.1. The molecule has 39 heavy (non-hydrogen) atoms. The van der Waals surface area contributed by atoms with Crippen LogP contribution in [0.3, 0.4) is 0 Å². The van der Waals surface area contributed by atoms with Crippen molar-refractivity contribution in [3.63, 3.8) is 0 Å². The van der Waals surface area contributed by atoms with Gasteiger partial charge in [0.15, 0.2) is 22.9 Å². The highest BCUT2D eigenvalue weighted by molar-refractivity contribution is 5.84. The number of ketones is 1. The summed E-state index contributed by atoms with van der Waals surface area (Å²) in [5.74, 6) is -2.39. The van der Waals surface area contributed by atoms with E-state index in [1.165, 1.54) is 10.7 Å². The van der Waals surface area contributed by atoms with Gasteiger partial charge in [0.25, 0.3) is 0 Å². The van der Waals surface area contributed by atoms with E-state index in [0.29, 0.717) is 36.3 Å². The van der Waals surface area contributed by atoms with Crippen LogP contribution in [0, 0.1) is 58.0 Å². The molecule has 1 aromatic heterocycles. The van der Waals surface area contributed by atoms with E-state index in [1.54, 1.807) is 7.11 Å². The van der Waals surface area contributed by atoms with Crippen LogP contribution in [0.4, 0.5) is 22.0 Å². The van der Waals surface area contributed by atoms with Gasteiger partial charge < -0.3 is 4.74 Å². The van der Waals surface area contributed by atoms with E-state index < -0.39 is 23.7 Å². The lowest BCUT2D eigenvalue weighted by atomic mass is 9.43. The number of carbonyl (C=O) groups is 1. The first-order valence-electron chi connectivity index (χ1n) is 14.2. The molecule has 8 atom stereocenters. The number of alkyl halides is 3. The van der Waals surface area contributed by atoms with Gasteiger partial charge in [-0.25, -0.2) is 13.5 Å². The average molecular weight is 554 g/mol. The monoisotopic (exact) mass is 553 g/mol. The van der Waals surface area contributed by atoms with E-state index >= 15 is 0 Å². The third-order valence-corrected chi connectivity index (χ3v) is 11.5. The zero-order valence-corrected chi connectivity index (χ0v) is 22.4. The number of aromatic nitrogens is 3. The van der Waals surface area contributed by atoms with Gasteiger partial charge in [0, 0.05) is 13.0 Å². The number of halogens is 5. The lowest BCUT2D eigenvalue weighted by Crippen LogP contribution is -2.57. The van der Waals surface area contributed by atoms with Gasteiger partial charge >= 0.3 is 6.18 Å². The van der Waals surface area contributed by atoms with Crippen LogP contribution in [0.2, 0.25) is 0 Å². The second kappa shape index (κ2) is 9.48. The Morgan fingerprint density at radius 3 is 2.62 bits per heavy atom. The molecule has 4 fully saturated rings. The number of ether oxygens (including phenoxy) is 1. The summed E-state index contributed by atoms with van der Waals surface area (Å²) in [7, 11) is 1.66. The highest BCUT2D eigenvalue weighted by Crippen LogP contribution is 2.68. The fraction of sp³-hybridized carbons (Fsp3) is 0.759. The van der Waals surface area contributed by atoms with Crippen molar-refractivity contribution in [3.8, 4) is 0 Å². The number of benzene rings is 1. The van der Waals surface area contributed by atoms with Gasteiger partial charge in [0.05, 0.1) is 18.0 Å². The number of methoxy groups -OCH3 is 1. The molecule has 2 aromatic rings. The van der Waals surface area contributed by atoms with Crippen LogP contribution >= 0.6 is 0 Å². The lowest BCUT2D eigenvalue weighted by molar-refractivity contribution is -0.217. The Morgan fingerprint density at radius 1 is 1.08 bits per heavy atom. The topological polar surface area (TPSA) is 57.0 Å². The van der Waals surface area contributed by atoms with Gasteiger partial charge in [-0.05, 0) is 104 Å². The molecule has 8 unspecified atom stereocenters. The first-order chi connectivity index (χ1) is 18.5. The van der Waals surface area contributed by atoms with Crippen molar-refractivity contribution in [1.29, 1.82) is 0 Å². The Bertz CT molecular complexity index is 1260. The number of carbonyl (C=O) groups excluding carboxylic acids is 1. The third-order valence-electron chi connectivity index (χ3n) is 11.5. The predicted octanol–water partition coefficient (Wildman–Crippen LogP) is 6.74.